The summed E-state index contributed by atoms with van der Waals surface area (Å²) in [6.45, 7) is 5.05. The van der Waals surface area contributed by atoms with Crippen LogP contribution in [0.4, 0.5) is 0 Å². The molecule has 0 saturated carbocycles. The van der Waals surface area contributed by atoms with Gasteiger partial charge in [0, 0.05) is 13.2 Å². The first-order valence-electron chi connectivity index (χ1n) is 7.95. The van der Waals surface area contributed by atoms with Crippen LogP contribution in [0.3, 0.4) is 0 Å². The van der Waals surface area contributed by atoms with Crippen molar-refractivity contribution < 1.29 is 14.3 Å². The zero-order valence-electron chi connectivity index (χ0n) is 12.2. The summed E-state index contributed by atoms with van der Waals surface area (Å²) in [5.41, 5.74) is 0.408. The molecule has 2 N–H and O–H groups in total. The molecule has 0 aromatic carbocycles. The molecule has 0 aliphatic carbocycles. The Kier molecular flexibility index (Phi) is 4.58. The summed E-state index contributed by atoms with van der Waals surface area (Å²) in [7, 11) is 0. The molecule has 5 nitrogen and oxygen atoms in total. The number of ether oxygens (including phenoxy) is 2. The van der Waals surface area contributed by atoms with Crippen LogP contribution in [-0.2, 0) is 14.3 Å². The van der Waals surface area contributed by atoms with Gasteiger partial charge in [0.2, 0.25) is 5.91 Å². The van der Waals surface area contributed by atoms with Crippen LogP contribution in [-0.4, -0.2) is 51.5 Å². The minimum Gasteiger partial charge on any atom is -0.381 e. The minimum absolute atomic E-state index is 0.0503. The van der Waals surface area contributed by atoms with E-state index in [0.29, 0.717) is 25.2 Å². The SMILES string of the molecule is O=C(NCC1CCC2(CCNCC2)CO1)C1CCOC1. The van der Waals surface area contributed by atoms with E-state index in [2.05, 4.69) is 10.6 Å². The van der Waals surface area contributed by atoms with E-state index < -0.39 is 0 Å². The third-order valence-electron chi connectivity index (χ3n) is 5.09. The van der Waals surface area contributed by atoms with Gasteiger partial charge in [-0.3, -0.25) is 4.79 Å². The first-order chi connectivity index (χ1) is 9.77. The second-order valence-electron chi connectivity index (χ2n) is 6.53. The van der Waals surface area contributed by atoms with Gasteiger partial charge >= 0.3 is 0 Å². The summed E-state index contributed by atoms with van der Waals surface area (Å²) < 4.78 is 11.3. The molecule has 114 valence electrons. The molecular weight excluding hydrogens is 256 g/mol. The van der Waals surface area contributed by atoms with E-state index in [1.54, 1.807) is 0 Å². The van der Waals surface area contributed by atoms with E-state index in [1.807, 2.05) is 0 Å². The quantitative estimate of drug-likeness (QED) is 0.799. The second-order valence-corrected chi connectivity index (χ2v) is 6.53. The van der Waals surface area contributed by atoms with E-state index in [4.69, 9.17) is 9.47 Å². The van der Waals surface area contributed by atoms with Crippen LogP contribution in [0.5, 0.6) is 0 Å². The molecule has 2 atom stereocenters. The lowest BCUT2D eigenvalue weighted by Crippen LogP contribution is -2.46. The maximum atomic E-state index is 11.9. The molecule has 0 bridgehead atoms. The highest BCUT2D eigenvalue weighted by atomic mass is 16.5. The van der Waals surface area contributed by atoms with Crippen molar-refractivity contribution in [3.63, 3.8) is 0 Å². The molecule has 0 radical (unpaired) electrons. The normalized spacial score (nSPS) is 33.2. The van der Waals surface area contributed by atoms with E-state index in [0.717, 1.165) is 32.5 Å². The summed E-state index contributed by atoms with van der Waals surface area (Å²) in [6, 6.07) is 0. The number of rotatable bonds is 3. The molecule has 20 heavy (non-hydrogen) atoms. The zero-order chi connectivity index (χ0) is 13.8. The fourth-order valence-corrected chi connectivity index (χ4v) is 3.53. The van der Waals surface area contributed by atoms with Crippen molar-refractivity contribution in [1.29, 1.82) is 0 Å². The standard InChI is InChI=1S/C15H26N2O3/c18-14(12-2-8-19-10-12)17-9-13-1-3-15(11-20-13)4-6-16-7-5-15/h12-13,16H,1-11H2,(H,17,18). The van der Waals surface area contributed by atoms with Gasteiger partial charge in [0.15, 0.2) is 0 Å². The van der Waals surface area contributed by atoms with Crippen LogP contribution in [0.1, 0.15) is 32.1 Å². The Morgan fingerprint density at radius 3 is 2.75 bits per heavy atom. The summed E-state index contributed by atoms with van der Waals surface area (Å²) in [5, 5.41) is 6.44. The number of hydrogen-bond acceptors (Lipinski definition) is 4. The Labute approximate surface area is 120 Å². The van der Waals surface area contributed by atoms with E-state index in [-0.39, 0.29) is 17.9 Å². The van der Waals surface area contributed by atoms with Crippen LogP contribution < -0.4 is 10.6 Å². The maximum Gasteiger partial charge on any atom is 0.225 e. The monoisotopic (exact) mass is 282 g/mol. The Hall–Kier alpha value is -0.650. The molecule has 0 aromatic rings. The van der Waals surface area contributed by atoms with Crippen LogP contribution in [0, 0.1) is 11.3 Å². The summed E-state index contributed by atoms with van der Waals surface area (Å²) in [4.78, 5) is 11.9. The number of carbonyl (C=O) groups is 1. The zero-order valence-corrected chi connectivity index (χ0v) is 12.2. The molecular formula is C15H26N2O3. The van der Waals surface area contributed by atoms with Gasteiger partial charge in [-0.2, -0.15) is 0 Å². The third kappa shape index (κ3) is 3.32. The van der Waals surface area contributed by atoms with E-state index in [1.165, 1.54) is 19.3 Å². The van der Waals surface area contributed by atoms with Gasteiger partial charge < -0.3 is 20.1 Å². The Balaban J connectivity index is 1.39. The van der Waals surface area contributed by atoms with Gasteiger partial charge in [0.05, 0.1) is 25.2 Å². The molecule has 1 spiro atoms. The molecule has 3 rings (SSSR count). The third-order valence-corrected chi connectivity index (χ3v) is 5.09. The van der Waals surface area contributed by atoms with Gasteiger partial charge in [-0.15, -0.1) is 0 Å². The van der Waals surface area contributed by atoms with Crippen LogP contribution >= 0.6 is 0 Å². The van der Waals surface area contributed by atoms with Gasteiger partial charge in [0.25, 0.3) is 0 Å². The average Bonchev–Trinajstić information content (AvgIpc) is 3.02. The van der Waals surface area contributed by atoms with Gasteiger partial charge in [-0.05, 0) is 50.6 Å². The fourth-order valence-electron chi connectivity index (χ4n) is 3.53. The first-order valence-corrected chi connectivity index (χ1v) is 7.95. The Morgan fingerprint density at radius 2 is 2.10 bits per heavy atom. The minimum atomic E-state index is 0.0503. The fraction of sp³-hybridized carbons (Fsp3) is 0.933. The molecule has 3 aliphatic rings. The van der Waals surface area contributed by atoms with Crippen molar-refractivity contribution >= 4 is 5.91 Å². The molecule has 5 heteroatoms. The van der Waals surface area contributed by atoms with Crippen molar-refractivity contribution in [2.75, 3.05) is 39.5 Å². The maximum absolute atomic E-state index is 11.9. The highest BCUT2D eigenvalue weighted by Gasteiger charge is 2.37. The van der Waals surface area contributed by atoms with Gasteiger partial charge in [-0.1, -0.05) is 0 Å². The van der Waals surface area contributed by atoms with Gasteiger partial charge in [-0.25, -0.2) is 0 Å². The number of carbonyl (C=O) groups excluding carboxylic acids is 1. The summed E-state index contributed by atoms with van der Waals surface area (Å²) in [5.74, 6) is 0.183. The predicted octanol–water partition coefficient (Wildman–Crippen LogP) is 0.688. The predicted molar refractivity (Wildman–Crippen MR) is 75.4 cm³/mol. The van der Waals surface area contributed by atoms with Crippen molar-refractivity contribution in [2.24, 2.45) is 11.3 Å². The topological polar surface area (TPSA) is 59.6 Å². The lowest BCUT2D eigenvalue weighted by molar-refractivity contribution is -0.126. The lowest BCUT2D eigenvalue weighted by atomic mass is 9.74. The smallest absolute Gasteiger partial charge is 0.225 e. The number of piperidine rings is 1. The molecule has 2 unspecified atom stereocenters. The van der Waals surface area contributed by atoms with E-state index in [9.17, 15) is 4.79 Å². The molecule has 0 aromatic heterocycles. The lowest BCUT2D eigenvalue weighted by Gasteiger charge is -2.43. The van der Waals surface area contributed by atoms with Crippen LogP contribution in [0.25, 0.3) is 0 Å². The van der Waals surface area contributed by atoms with Crippen molar-refractivity contribution in [3.8, 4) is 0 Å². The molecule has 3 aliphatic heterocycles. The number of nitrogens with one attached hydrogen (secondary N) is 2. The second kappa shape index (κ2) is 6.41. The highest BCUT2D eigenvalue weighted by Crippen LogP contribution is 2.38. The number of amides is 1. The molecule has 3 heterocycles. The highest BCUT2D eigenvalue weighted by molar-refractivity contribution is 5.78. The Bertz CT molecular complexity index is 326. The number of hydrogen-bond donors (Lipinski definition) is 2. The average molecular weight is 282 g/mol. The largest absolute Gasteiger partial charge is 0.381 e. The van der Waals surface area contributed by atoms with Crippen LogP contribution in [0.2, 0.25) is 0 Å². The van der Waals surface area contributed by atoms with Crippen molar-refractivity contribution in [1.82, 2.24) is 10.6 Å². The molecule has 3 saturated heterocycles. The van der Waals surface area contributed by atoms with Crippen molar-refractivity contribution in [2.45, 2.75) is 38.2 Å². The van der Waals surface area contributed by atoms with Crippen molar-refractivity contribution in [3.05, 3.63) is 0 Å². The van der Waals surface area contributed by atoms with Gasteiger partial charge in [0.1, 0.15) is 0 Å². The first kappa shape index (κ1) is 14.3. The molecule has 1 amide bonds. The summed E-state index contributed by atoms with van der Waals surface area (Å²) in [6.07, 6.45) is 5.81. The Morgan fingerprint density at radius 1 is 1.25 bits per heavy atom. The summed E-state index contributed by atoms with van der Waals surface area (Å²) >= 11 is 0. The van der Waals surface area contributed by atoms with E-state index >= 15 is 0 Å². The molecule has 3 fully saturated rings. The van der Waals surface area contributed by atoms with Crippen LogP contribution in [0.15, 0.2) is 0 Å².